The monoisotopic (exact) mass is 265 g/mol. The maximum absolute atomic E-state index is 12.1. The summed E-state index contributed by atoms with van der Waals surface area (Å²) >= 11 is 0. The minimum atomic E-state index is -0.816. The molecule has 0 aliphatic carbocycles. The molecule has 106 valence electrons. The lowest BCUT2D eigenvalue weighted by Crippen LogP contribution is -2.33. The number of hydrogen-bond acceptors (Lipinski definition) is 4. The molecule has 5 heteroatoms. The van der Waals surface area contributed by atoms with Crippen LogP contribution in [0.4, 0.5) is 11.4 Å². The first-order valence-electron chi connectivity index (χ1n) is 6.34. The number of nitrogens with zero attached hydrogens (tertiary/aromatic N) is 1. The first-order valence-corrected chi connectivity index (χ1v) is 6.34. The predicted octanol–water partition coefficient (Wildman–Crippen LogP) is 1.54. The molecule has 1 unspecified atom stereocenters. The third-order valence-corrected chi connectivity index (χ3v) is 3.10. The first kappa shape index (κ1) is 15.3. The van der Waals surface area contributed by atoms with E-state index in [1.165, 1.54) is 4.90 Å². The van der Waals surface area contributed by atoms with Crippen molar-refractivity contribution in [2.24, 2.45) is 0 Å². The largest absolute Gasteiger partial charge is 0.399 e. The molecule has 0 saturated carbocycles. The molecule has 5 nitrogen and oxygen atoms in total. The maximum atomic E-state index is 12.1. The molecule has 0 saturated heterocycles. The average Bonchev–Trinajstić information content (AvgIpc) is 2.35. The topological polar surface area (TPSA) is 78.6 Å². The highest BCUT2D eigenvalue weighted by atomic mass is 16.3. The van der Waals surface area contributed by atoms with Gasteiger partial charge in [0.15, 0.2) is 0 Å². The number of benzene rings is 1. The molecule has 0 heterocycles. The minimum Gasteiger partial charge on any atom is -0.399 e. The molecule has 1 rings (SSSR count). The lowest BCUT2D eigenvalue weighted by atomic mass is 10.0. The van der Waals surface area contributed by atoms with Crippen LogP contribution in [0.2, 0.25) is 0 Å². The SMILES string of the molecule is CCC(C)(O)CNc1cc(N)ccc1C(=O)N(C)C. The Morgan fingerprint density at radius 2 is 2.11 bits per heavy atom. The van der Waals surface area contributed by atoms with E-state index in [2.05, 4.69) is 5.32 Å². The molecule has 0 aliphatic heterocycles. The molecule has 1 aromatic carbocycles. The molecule has 0 aromatic heterocycles. The summed E-state index contributed by atoms with van der Waals surface area (Å²) < 4.78 is 0. The lowest BCUT2D eigenvalue weighted by molar-refractivity contribution is 0.0695. The fraction of sp³-hybridized carbons (Fsp3) is 0.500. The van der Waals surface area contributed by atoms with Crippen molar-refractivity contribution >= 4 is 17.3 Å². The van der Waals surface area contributed by atoms with Gasteiger partial charge >= 0.3 is 0 Å². The second kappa shape index (κ2) is 5.93. The molecular weight excluding hydrogens is 242 g/mol. The molecule has 0 radical (unpaired) electrons. The van der Waals surface area contributed by atoms with Crippen LogP contribution in [-0.2, 0) is 0 Å². The number of carbonyl (C=O) groups excluding carboxylic acids is 1. The van der Waals surface area contributed by atoms with E-state index in [9.17, 15) is 9.90 Å². The van der Waals surface area contributed by atoms with Crippen LogP contribution in [0.5, 0.6) is 0 Å². The van der Waals surface area contributed by atoms with E-state index < -0.39 is 5.60 Å². The fourth-order valence-corrected chi connectivity index (χ4v) is 1.55. The van der Waals surface area contributed by atoms with Gasteiger partial charge in [0, 0.05) is 32.0 Å². The quantitative estimate of drug-likeness (QED) is 0.706. The first-order chi connectivity index (χ1) is 8.76. The van der Waals surface area contributed by atoms with Gasteiger partial charge in [0.05, 0.1) is 11.2 Å². The molecule has 4 N–H and O–H groups in total. The van der Waals surface area contributed by atoms with Gasteiger partial charge in [-0.05, 0) is 31.5 Å². The van der Waals surface area contributed by atoms with Crippen LogP contribution in [0, 0.1) is 0 Å². The number of rotatable bonds is 5. The van der Waals surface area contributed by atoms with Gasteiger partial charge in [0.2, 0.25) is 0 Å². The standard InChI is InChI=1S/C14H23N3O2/c1-5-14(2,19)9-16-12-8-10(15)6-7-11(12)13(18)17(3)4/h6-8,16,19H,5,9,15H2,1-4H3. The Hall–Kier alpha value is -1.75. The van der Waals surface area contributed by atoms with Crippen LogP contribution in [0.25, 0.3) is 0 Å². The molecule has 0 aliphatic rings. The highest BCUT2D eigenvalue weighted by Crippen LogP contribution is 2.21. The van der Waals surface area contributed by atoms with Gasteiger partial charge in [-0.3, -0.25) is 4.79 Å². The van der Waals surface area contributed by atoms with E-state index >= 15 is 0 Å². The number of nitrogens with one attached hydrogen (secondary N) is 1. The van der Waals surface area contributed by atoms with Crippen LogP contribution in [0.1, 0.15) is 30.6 Å². The summed E-state index contributed by atoms with van der Waals surface area (Å²) in [5, 5.41) is 13.1. The molecular formula is C14H23N3O2. The number of hydrogen-bond donors (Lipinski definition) is 3. The Morgan fingerprint density at radius 1 is 1.47 bits per heavy atom. The van der Waals surface area contributed by atoms with Crippen molar-refractivity contribution in [1.29, 1.82) is 0 Å². The van der Waals surface area contributed by atoms with E-state index in [0.29, 0.717) is 29.9 Å². The molecule has 1 atom stereocenters. The van der Waals surface area contributed by atoms with Crippen LogP contribution < -0.4 is 11.1 Å². The second-order valence-corrected chi connectivity index (χ2v) is 5.21. The average molecular weight is 265 g/mol. The third-order valence-electron chi connectivity index (χ3n) is 3.10. The van der Waals surface area contributed by atoms with Crippen molar-refractivity contribution in [2.75, 3.05) is 31.7 Å². The second-order valence-electron chi connectivity index (χ2n) is 5.21. The fourth-order valence-electron chi connectivity index (χ4n) is 1.55. The van der Waals surface area contributed by atoms with Crippen molar-refractivity contribution in [2.45, 2.75) is 25.9 Å². The summed E-state index contributed by atoms with van der Waals surface area (Å²) in [7, 11) is 3.40. The number of nitrogens with two attached hydrogens (primary N) is 1. The van der Waals surface area contributed by atoms with Crippen molar-refractivity contribution in [1.82, 2.24) is 4.90 Å². The van der Waals surface area contributed by atoms with Crippen LogP contribution in [0.3, 0.4) is 0 Å². The molecule has 0 fully saturated rings. The third kappa shape index (κ3) is 4.13. The Morgan fingerprint density at radius 3 is 2.63 bits per heavy atom. The van der Waals surface area contributed by atoms with Gasteiger partial charge in [0.1, 0.15) is 0 Å². The van der Waals surface area contributed by atoms with E-state index in [-0.39, 0.29) is 5.91 Å². The summed E-state index contributed by atoms with van der Waals surface area (Å²) in [4.78, 5) is 13.6. The number of nitrogen functional groups attached to an aromatic ring is 1. The summed E-state index contributed by atoms with van der Waals surface area (Å²) in [5.74, 6) is -0.0985. The smallest absolute Gasteiger partial charge is 0.255 e. The highest BCUT2D eigenvalue weighted by molar-refractivity contribution is 6.00. The zero-order valence-corrected chi connectivity index (χ0v) is 12.0. The van der Waals surface area contributed by atoms with Gasteiger partial charge in [-0.2, -0.15) is 0 Å². The van der Waals surface area contributed by atoms with Gasteiger partial charge in [-0.1, -0.05) is 6.92 Å². The van der Waals surface area contributed by atoms with Crippen LogP contribution in [-0.4, -0.2) is 42.2 Å². The number of anilines is 2. The molecule has 0 spiro atoms. The van der Waals surface area contributed by atoms with Gasteiger partial charge in [-0.15, -0.1) is 0 Å². The lowest BCUT2D eigenvalue weighted by Gasteiger charge is -2.24. The van der Waals surface area contributed by atoms with Crippen molar-refractivity contribution < 1.29 is 9.90 Å². The number of amides is 1. The Balaban J connectivity index is 2.98. The highest BCUT2D eigenvalue weighted by Gasteiger charge is 2.19. The normalized spacial score (nSPS) is 13.7. The summed E-state index contributed by atoms with van der Waals surface area (Å²) in [6, 6.07) is 5.10. The van der Waals surface area contributed by atoms with Crippen molar-refractivity contribution in [3.63, 3.8) is 0 Å². The van der Waals surface area contributed by atoms with E-state index in [0.717, 1.165) is 0 Å². The molecule has 1 aromatic rings. The van der Waals surface area contributed by atoms with Crippen LogP contribution in [0.15, 0.2) is 18.2 Å². The Kier molecular flexibility index (Phi) is 4.78. The van der Waals surface area contributed by atoms with E-state index in [1.54, 1.807) is 39.2 Å². The summed E-state index contributed by atoms with van der Waals surface area (Å²) in [5.41, 5.74) is 6.70. The van der Waals surface area contributed by atoms with E-state index in [1.807, 2.05) is 6.92 Å². The molecule has 19 heavy (non-hydrogen) atoms. The van der Waals surface area contributed by atoms with Crippen molar-refractivity contribution in [3.05, 3.63) is 23.8 Å². The van der Waals surface area contributed by atoms with Gasteiger partial charge in [-0.25, -0.2) is 0 Å². The number of carbonyl (C=O) groups is 1. The Labute approximate surface area is 114 Å². The van der Waals surface area contributed by atoms with Crippen molar-refractivity contribution in [3.8, 4) is 0 Å². The summed E-state index contributed by atoms with van der Waals surface area (Å²) in [6.07, 6.45) is 0.624. The zero-order chi connectivity index (χ0) is 14.6. The Bertz CT molecular complexity index is 456. The minimum absolute atomic E-state index is 0.0985. The van der Waals surface area contributed by atoms with Crippen LogP contribution >= 0.6 is 0 Å². The summed E-state index contributed by atoms with van der Waals surface area (Å²) in [6.45, 7) is 4.02. The molecule has 1 amide bonds. The van der Waals surface area contributed by atoms with E-state index in [4.69, 9.17) is 5.73 Å². The predicted molar refractivity (Wildman–Crippen MR) is 78.3 cm³/mol. The maximum Gasteiger partial charge on any atom is 0.255 e. The number of aliphatic hydroxyl groups is 1. The zero-order valence-electron chi connectivity index (χ0n) is 12.0. The molecule has 0 bridgehead atoms. The van der Waals surface area contributed by atoms with Gasteiger partial charge in [0.25, 0.3) is 5.91 Å². The van der Waals surface area contributed by atoms with Gasteiger partial charge < -0.3 is 21.1 Å².